The lowest BCUT2D eigenvalue weighted by Gasteiger charge is -2.02. The molecule has 0 radical (unpaired) electrons. The van der Waals surface area contributed by atoms with Crippen molar-refractivity contribution in [3.63, 3.8) is 0 Å². The average molecular weight is 294 g/mol. The number of carbonyl (C=O) groups excluding carboxylic acids is 1. The fourth-order valence-electron chi connectivity index (χ4n) is 1.78. The number of aromatic nitrogens is 1. The number of nitrogens with one attached hydrogen (secondary N) is 1. The summed E-state index contributed by atoms with van der Waals surface area (Å²) >= 11 is 1.49. The average Bonchev–Trinajstić information content (AvgIpc) is 2.84. The van der Waals surface area contributed by atoms with Gasteiger partial charge in [0.25, 0.3) is 5.91 Å². The number of thiazole rings is 1. The molecule has 0 unspecified atom stereocenters. The number of hydrogen-bond acceptors (Lipinski definition) is 5. The number of aryl methyl sites for hydroxylation is 2. The largest absolute Gasteiger partial charge is 0.382 e. The van der Waals surface area contributed by atoms with Gasteiger partial charge in [0.1, 0.15) is 6.61 Å². The molecule has 2 rings (SSSR count). The standard InChI is InChI=1S/C14H18N2O3S/c1-9-4-5-10(2)13-12(9)16-14(20-13)15-11(17)8-19-7-6-18-3/h4-5H,6-8H2,1-3H3,(H,15,16,17). The highest BCUT2D eigenvalue weighted by Crippen LogP contribution is 2.30. The van der Waals surface area contributed by atoms with Crippen LogP contribution in [0.3, 0.4) is 0 Å². The minimum Gasteiger partial charge on any atom is -0.382 e. The number of rotatable bonds is 6. The predicted octanol–water partition coefficient (Wildman–Crippen LogP) is 2.51. The van der Waals surface area contributed by atoms with Crippen LogP contribution in [0, 0.1) is 13.8 Å². The van der Waals surface area contributed by atoms with Gasteiger partial charge < -0.3 is 9.47 Å². The van der Waals surface area contributed by atoms with Gasteiger partial charge in [0.2, 0.25) is 0 Å². The molecular formula is C14H18N2O3S. The van der Waals surface area contributed by atoms with Gasteiger partial charge in [0.05, 0.1) is 23.4 Å². The maximum absolute atomic E-state index is 11.7. The van der Waals surface area contributed by atoms with E-state index in [0.717, 1.165) is 15.8 Å². The van der Waals surface area contributed by atoms with Gasteiger partial charge >= 0.3 is 0 Å². The maximum Gasteiger partial charge on any atom is 0.252 e. The Kier molecular flexibility index (Phi) is 5.05. The Balaban J connectivity index is 2.01. The van der Waals surface area contributed by atoms with E-state index in [1.54, 1.807) is 7.11 Å². The summed E-state index contributed by atoms with van der Waals surface area (Å²) in [6.07, 6.45) is 0. The molecule has 0 spiro atoms. The van der Waals surface area contributed by atoms with Crippen molar-refractivity contribution in [2.24, 2.45) is 0 Å². The summed E-state index contributed by atoms with van der Waals surface area (Å²) in [4.78, 5) is 16.2. The topological polar surface area (TPSA) is 60.5 Å². The quantitative estimate of drug-likeness (QED) is 0.832. The Morgan fingerprint density at radius 1 is 1.30 bits per heavy atom. The minimum atomic E-state index is -0.199. The highest BCUT2D eigenvalue weighted by atomic mass is 32.1. The first-order valence-electron chi connectivity index (χ1n) is 6.35. The fraction of sp³-hybridized carbons (Fsp3) is 0.429. The number of hydrogen-bond donors (Lipinski definition) is 1. The molecule has 6 heteroatoms. The van der Waals surface area contributed by atoms with Crippen molar-refractivity contribution in [1.82, 2.24) is 4.98 Å². The highest BCUT2D eigenvalue weighted by Gasteiger charge is 2.10. The molecular weight excluding hydrogens is 276 g/mol. The summed E-state index contributed by atoms with van der Waals surface area (Å²) in [7, 11) is 1.59. The van der Waals surface area contributed by atoms with Crippen LogP contribution in [0.25, 0.3) is 10.2 Å². The molecule has 0 aliphatic heterocycles. The van der Waals surface area contributed by atoms with Gasteiger partial charge in [-0.3, -0.25) is 10.1 Å². The van der Waals surface area contributed by atoms with Gasteiger partial charge in [0, 0.05) is 7.11 Å². The van der Waals surface area contributed by atoms with Gasteiger partial charge in [0.15, 0.2) is 5.13 Å². The van der Waals surface area contributed by atoms with E-state index in [1.807, 2.05) is 19.9 Å². The van der Waals surface area contributed by atoms with Crippen molar-refractivity contribution in [1.29, 1.82) is 0 Å². The lowest BCUT2D eigenvalue weighted by atomic mass is 10.1. The molecule has 0 aliphatic rings. The zero-order chi connectivity index (χ0) is 14.5. The molecule has 2 aromatic rings. The van der Waals surface area contributed by atoms with E-state index in [0.29, 0.717) is 18.3 Å². The van der Waals surface area contributed by atoms with Crippen LogP contribution in [0.5, 0.6) is 0 Å². The number of amides is 1. The van der Waals surface area contributed by atoms with Crippen LogP contribution in [0.2, 0.25) is 0 Å². The van der Waals surface area contributed by atoms with Crippen molar-refractivity contribution in [3.8, 4) is 0 Å². The summed E-state index contributed by atoms with van der Waals surface area (Å²) < 4.78 is 11.1. The number of methoxy groups -OCH3 is 1. The van der Waals surface area contributed by atoms with Crippen LogP contribution in [0.1, 0.15) is 11.1 Å². The Hall–Kier alpha value is -1.50. The monoisotopic (exact) mass is 294 g/mol. The second-order valence-electron chi connectivity index (χ2n) is 4.49. The van der Waals surface area contributed by atoms with E-state index in [2.05, 4.69) is 16.4 Å². The first kappa shape index (κ1) is 14.9. The highest BCUT2D eigenvalue weighted by molar-refractivity contribution is 7.22. The number of carbonyl (C=O) groups is 1. The van der Waals surface area contributed by atoms with Gasteiger partial charge in [-0.2, -0.15) is 0 Å². The third-order valence-electron chi connectivity index (χ3n) is 2.85. The van der Waals surface area contributed by atoms with E-state index >= 15 is 0 Å². The lowest BCUT2D eigenvalue weighted by molar-refractivity contribution is -0.121. The first-order chi connectivity index (χ1) is 9.61. The fourth-order valence-corrected chi connectivity index (χ4v) is 2.80. The second kappa shape index (κ2) is 6.78. The summed E-state index contributed by atoms with van der Waals surface area (Å²) in [6, 6.07) is 4.10. The number of anilines is 1. The van der Waals surface area contributed by atoms with Crippen molar-refractivity contribution >= 4 is 32.6 Å². The molecule has 1 N–H and O–H groups in total. The number of nitrogens with zero attached hydrogens (tertiary/aromatic N) is 1. The zero-order valence-corrected chi connectivity index (χ0v) is 12.7. The van der Waals surface area contributed by atoms with E-state index in [1.165, 1.54) is 16.9 Å². The Morgan fingerprint density at radius 2 is 2.05 bits per heavy atom. The van der Waals surface area contributed by atoms with Crippen molar-refractivity contribution in [3.05, 3.63) is 23.3 Å². The molecule has 0 fully saturated rings. The molecule has 0 atom stereocenters. The SMILES string of the molecule is COCCOCC(=O)Nc1nc2c(C)ccc(C)c2s1. The normalized spacial score (nSPS) is 10.9. The summed E-state index contributed by atoms with van der Waals surface area (Å²) in [6.45, 7) is 4.95. The Bertz CT molecular complexity index is 571. The van der Waals surface area contributed by atoms with Gasteiger partial charge in [-0.05, 0) is 25.0 Å². The van der Waals surface area contributed by atoms with Crippen LogP contribution in [0.15, 0.2) is 12.1 Å². The molecule has 1 amide bonds. The van der Waals surface area contributed by atoms with Crippen LogP contribution in [-0.4, -0.2) is 37.8 Å². The third-order valence-corrected chi connectivity index (χ3v) is 3.96. The van der Waals surface area contributed by atoms with E-state index in [9.17, 15) is 4.79 Å². The maximum atomic E-state index is 11.7. The second-order valence-corrected chi connectivity index (χ2v) is 5.49. The molecule has 1 aromatic heterocycles. The molecule has 1 aromatic carbocycles. The number of fused-ring (bicyclic) bond motifs is 1. The smallest absolute Gasteiger partial charge is 0.252 e. The van der Waals surface area contributed by atoms with Crippen molar-refractivity contribution in [2.45, 2.75) is 13.8 Å². The summed E-state index contributed by atoms with van der Waals surface area (Å²) in [5, 5.41) is 3.37. The molecule has 0 bridgehead atoms. The number of benzene rings is 1. The van der Waals surface area contributed by atoms with Crippen LogP contribution in [-0.2, 0) is 14.3 Å². The van der Waals surface area contributed by atoms with E-state index in [4.69, 9.17) is 9.47 Å². The van der Waals surface area contributed by atoms with Crippen LogP contribution < -0.4 is 5.32 Å². The Morgan fingerprint density at radius 3 is 2.75 bits per heavy atom. The van der Waals surface area contributed by atoms with Crippen molar-refractivity contribution in [2.75, 3.05) is 32.2 Å². The predicted molar refractivity (Wildman–Crippen MR) is 80.4 cm³/mol. The molecule has 108 valence electrons. The minimum absolute atomic E-state index is 0.0112. The van der Waals surface area contributed by atoms with Gasteiger partial charge in [-0.25, -0.2) is 4.98 Å². The molecule has 1 heterocycles. The van der Waals surface area contributed by atoms with E-state index in [-0.39, 0.29) is 12.5 Å². The first-order valence-corrected chi connectivity index (χ1v) is 7.16. The lowest BCUT2D eigenvalue weighted by Crippen LogP contribution is -2.19. The van der Waals surface area contributed by atoms with Crippen molar-refractivity contribution < 1.29 is 14.3 Å². The summed E-state index contributed by atoms with van der Waals surface area (Å²) in [5.41, 5.74) is 3.23. The molecule has 0 saturated heterocycles. The molecule has 5 nitrogen and oxygen atoms in total. The zero-order valence-electron chi connectivity index (χ0n) is 11.9. The summed E-state index contributed by atoms with van der Waals surface area (Å²) in [5.74, 6) is -0.199. The van der Waals surface area contributed by atoms with Crippen LogP contribution in [0.4, 0.5) is 5.13 Å². The van der Waals surface area contributed by atoms with Gasteiger partial charge in [-0.1, -0.05) is 23.5 Å². The van der Waals surface area contributed by atoms with Gasteiger partial charge in [-0.15, -0.1) is 0 Å². The molecule has 0 saturated carbocycles. The van der Waals surface area contributed by atoms with E-state index < -0.39 is 0 Å². The van der Waals surface area contributed by atoms with Crippen LogP contribution >= 0.6 is 11.3 Å². The molecule has 20 heavy (non-hydrogen) atoms. The third kappa shape index (κ3) is 3.53. The molecule has 0 aliphatic carbocycles. The number of ether oxygens (including phenoxy) is 2. The Labute approximate surface area is 121 Å².